The summed E-state index contributed by atoms with van der Waals surface area (Å²) in [6, 6.07) is 3.69. The average molecular weight is 222 g/mol. The molecule has 0 spiro atoms. The second-order valence-corrected chi connectivity index (χ2v) is 3.11. The van der Waals surface area contributed by atoms with Crippen molar-refractivity contribution in [2.24, 2.45) is 0 Å². The van der Waals surface area contributed by atoms with E-state index >= 15 is 0 Å². The van der Waals surface area contributed by atoms with Crippen LogP contribution in [0.3, 0.4) is 0 Å². The minimum absolute atomic E-state index is 0.380. The maximum absolute atomic E-state index is 13.4. The molecule has 0 radical (unpaired) electrons. The summed E-state index contributed by atoms with van der Waals surface area (Å²) in [5.74, 6) is -1.64. The van der Waals surface area contributed by atoms with E-state index in [4.69, 9.17) is 5.11 Å². The lowest BCUT2D eigenvalue weighted by Gasteiger charge is -2.03. The zero-order chi connectivity index (χ0) is 11.7. The fourth-order valence-corrected chi connectivity index (χ4v) is 1.28. The number of nitrogens with zero attached hydrogens (tertiary/aromatic N) is 4. The third-order valence-electron chi connectivity index (χ3n) is 2.05. The van der Waals surface area contributed by atoms with Crippen LogP contribution < -0.4 is 0 Å². The van der Waals surface area contributed by atoms with E-state index in [1.54, 1.807) is 6.92 Å². The summed E-state index contributed by atoms with van der Waals surface area (Å²) in [4.78, 5) is 10.6. The predicted molar refractivity (Wildman–Crippen MR) is 50.8 cm³/mol. The van der Waals surface area contributed by atoms with Gasteiger partial charge < -0.3 is 5.11 Å². The molecule has 1 aromatic heterocycles. The summed E-state index contributed by atoms with van der Waals surface area (Å²) in [5.41, 5.74) is -0.000484. The normalized spacial score (nSPS) is 10.4. The van der Waals surface area contributed by atoms with Crippen LogP contribution in [-0.2, 0) is 0 Å². The van der Waals surface area contributed by atoms with Crippen molar-refractivity contribution in [3.05, 3.63) is 35.4 Å². The highest BCUT2D eigenvalue weighted by Gasteiger charge is 2.12. The number of hydrogen-bond acceptors (Lipinski definition) is 4. The van der Waals surface area contributed by atoms with Gasteiger partial charge >= 0.3 is 5.97 Å². The van der Waals surface area contributed by atoms with Gasteiger partial charge in [0.25, 0.3) is 0 Å². The monoisotopic (exact) mass is 222 g/mol. The maximum Gasteiger partial charge on any atom is 0.338 e. The van der Waals surface area contributed by atoms with Gasteiger partial charge in [-0.15, -0.1) is 5.10 Å². The molecule has 0 unspecified atom stereocenters. The number of aryl methyl sites for hydroxylation is 1. The lowest BCUT2D eigenvalue weighted by molar-refractivity contribution is 0.0692. The van der Waals surface area contributed by atoms with Gasteiger partial charge in [-0.25, -0.2) is 9.18 Å². The number of carbonyl (C=O) groups is 1. The number of aromatic nitrogens is 4. The molecule has 1 N–H and O–H groups in total. The van der Waals surface area contributed by atoms with Crippen LogP contribution in [0.15, 0.2) is 18.2 Å². The SMILES string of the molecule is Cc1nnnn1-c1ccc(C(=O)O)c(F)c1. The van der Waals surface area contributed by atoms with Gasteiger partial charge in [-0.1, -0.05) is 0 Å². The Hall–Kier alpha value is -2.31. The van der Waals surface area contributed by atoms with Crippen LogP contribution in [0.1, 0.15) is 16.2 Å². The zero-order valence-electron chi connectivity index (χ0n) is 8.25. The Balaban J connectivity index is 2.50. The van der Waals surface area contributed by atoms with E-state index in [2.05, 4.69) is 15.5 Å². The summed E-state index contributed by atoms with van der Waals surface area (Å²) in [6.45, 7) is 1.66. The number of carboxylic acid groups (broad SMARTS) is 1. The summed E-state index contributed by atoms with van der Waals surface area (Å²) < 4.78 is 14.7. The number of halogens is 1. The quantitative estimate of drug-likeness (QED) is 0.813. The molecule has 2 rings (SSSR count). The highest BCUT2D eigenvalue weighted by atomic mass is 19.1. The van der Waals surface area contributed by atoms with Gasteiger partial charge in [0, 0.05) is 6.07 Å². The molecule has 0 amide bonds. The molecule has 1 aromatic carbocycles. The van der Waals surface area contributed by atoms with Crippen molar-refractivity contribution in [1.29, 1.82) is 0 Å². The predicted octanol–water partition coefficient (Wildman–Crippen LogP) is 0.808. The smallest absolute Gasteiger partial charge is 0.338 e. The van der Waals surface area contributed by atoms with Crippen LogP contribution in [0.2, 0.25) is 0 Å². The van der Waals surface area contributed by atoms with Crippen LogP contribution in [0.25, 0.3) is 5.69 Å². The number of tetrazole rings is 1. The molecule has 0 fully saturated rings. The Bertz CT molecular complexity index is 552. The van der Waals surface area contributed by atoms with Crippen LogP contribution in [-0.4, -0.2) is 31.3 Å². The van der Waals surface area contributed by atoms with E-state index in [-0.39, 0.29) is 5.56 Å². The summed E-state index contributed by atoms with van der Waals surface area (Å²) in [7, 11) is 0. The van der Waals surface area contributed by atoms with Gasteiger partial charge in [0.05, 0.1) is 11.3 Å². The average Bonchev–Trinajstić information content (AvgIpc) is 2.63. The largest absolute Gasteiger partial charge is 0.478 e. The fraction of sp³-hybridized carbons (Fsp3) is 0.111. The van der Waals surface area contributed by atoms with E-state index in [9.17, 15) is 9.18 Å². The van der Waals surface area contributed by atoms with Gasteiger partial charge in [0.2, 0.25) is 0 Å². The second-order valence-electron chi connectivity index (χ2n) is 3.11. The second kappa shape index (κ2) is 3.69. The highest BCUT2D eigenvalue weighted by Crippen LogP contribution is 2.14. The Morgan fingerprint density at radius 1 is 1.50 bits per heavy atom. The maximum atomic E-state index is 13.4. The first-order valence-corrected chi connectivity index (χ1v) is 4.38. The Labute approximate surface area is 89.3 Å². The van der Waals surface area contributed by atoms with Crippen LogP contribution in [0.5, 0.6) is 0 Å². The van der Waals surface area contributed by atoms with Crippen molar-refractivity contribution in [3.8, 4) is 5.69 Å². The fourth-order valence-electron chi connectivity index (χ4n) is 1.28. The number of carboxylic acids is 1. The molecule has 0 saturated carbocycles. The first-order chi connectivity index (χ1) is 7.59. The molecule has 2 aromatic rings. The molecule has 0 saturated heterocycles. The summed E-state index contributed by atoms with van der Waals surface area (Å²) in [6.07, 6.45) is 0. The Morgan fingerprint density at radius 2 is 2.25 bits per heavy atom. The topological polar surface area (TPSA) is 80.9 Å². The third-order valence-corrected chi connectivity index (χ3v) is 2.05. The van der Waals surface area contributed by atoms with Crippen molar-refractivity contribution in [2.45, 2.75) is 6.92 Å². The highest BCUT2D eigenvalue weighted by molar-refractivity contribution is 5.88. The first-order valence-electron chi connectivity index (χ1n) is 4.38. The van der Waals surface area contributed by atoms with Crippen molar-refractivity contribution in [2.75, 3.05) is 0 Å². The molecule has 1 heterocycles. The van der Waals surface area contributed by atoms with Crippen molar-refractivity contribution >= 4 is 5.97 Å². The van der Waals surface area contributed by atoms with Gasteiger partial charge in [-0.05, 0) is 29.5 Å². The number of benzene rings is 1. The van der Waals surface area contributed by atoms with E-state index in [1.807, 2.05) is 0 Å². The number of aromatic carboxylic acids is 1. The molecule has 7 heteroatoms. The molecular formula is C9H7FN4O2. The lowest BCUT2D eigenvalue weighted by atomic mass is 10.2. The molecule has 82 valence electrons. The molecule has 0 atom stereocenters. The lowest BCUT2D eigenvalue weighted by Crippen LogP contribution is -2.04. The minimum atomic E-state index is -1.31. The number of hydrogen-bond donors (Lipinski definition) is 1. The summed E-state index contributed by atoms with van der Waals surface area (Å²) >= 11 is 0. The number of rotatable bonds is 2. The molecule has 0 aliphatic heterocycles. The van der Waals surface area contributed by atoms with Gasteiger partial charge in [-0.2, -0.15) is 4.68 Å². The zero-order valence-corrected chi connectivity index (χ0v) is 8.25. The van der Waals surface area contributed by atoms with E-state index < -0.39 is 11.8 Å². The van der Waals surface area contributed by atoms with E-state index in [0.29, 0.717) is 11.5 Å². The molecular weight excluding hydrogens is 215 g/mol. The van der Waals surface area contributed by atoms with E-state index in [0.717, 1.165) is 6.07 Å². The third kappa shape index (κ3) is 1.62. The molecule has 0 aliphatic rings. The van der Waals surface area contributed by atoms with Gasteiger partial charge in [0.15, 0.2) is 5.82 Å². The van der Waals surface area contributed by atoms with Crippen molar-refractivity contribution in [1.82, 2.24) is 20.2 Å². The standard InChI is InChI=1S/C9H7FN4O2/c1-5-11-12-13-14(5)6-2-3-7(9(15)16)8(10)4-6/h2-4H,1H3,(H,15,16). The summed E-state index contributed by atoms with van der Waals surface area (Å²) in [5, 5.41) is 19.4. The first kappa shape index (κ1) is 10.2. The van der Waals surface area contributed by atoms with Gasteiger partial charge in [-0.3, -0.25) is 0 Å². The minimum Gasteiger partial charge on any atom is -0.478 e. The van der Waals surface area contributed by atoms with Crippen LogP contribution in [0, 0.1) is 12.7 Å². The molecule has 0 aliphatic carbocycles. The van der Waals surface area contributed by atoms with Crippen LogP contribution in [0.4, 0.5) is 4.39 Å². The van der Waals surface area contributed by atoms with E-state index in [1.165, 1.54) is 16.8 Å². The van der Waals surface area contributed by atoms with Crippen molar-refractivity contribution < 1.29 is 14.3 Å². The molecule has 16 heavy (non-hydrogen) atoms. The van der Waals surface area contributed by atoms with Crippen molar-refractivity contribution in [3.63, 3.8) is 0 Å². The van der Waals surface area contributed by atoms with Crippen LogP contribution >= 0.6 is 0 Å². The van der Waals surface area contributed by atoms with Gasteiger partial charge in [0.1, 0.15) is 5.82 Å². The molecule has 0 bridgehead atoms. The Kier molecular flexibility index (Phi) is 2.35. The Morgan fingerprint density at radius 3 is 2.75 bits per heavy atom. The molecule has 6 nitrogen and oxygen atoms in total.